The van der Waals surface area contributed by atoms with E-state index in [2.05, 4.69) is 36.3 Å². The maximum atomic E-state index is 11.2. The van der Waals surface area contributed by atoms with Crippen LogP contribution in [0.5, 0.6) is 5.75 Å². The zero-order valence-electron chi connectivity index (χ0n) is 22.6. The number of imidazole rings is 1. The van der Waals surface area contributed by atoms with Crippen LogP contribution in [-0.4, -0.2) is 66.2 Å². The number of nitrogens with zero attached hydrogens (tertiary/aromatic N) is 4. The SMILES string of the molecule is COc1ccc(CON[C@@H](C)C(=O)OP(=O)(O)O)cc1.Nc1nc(NC2CC2)c2ncn([C@H]3C=C[C@@H](CO)C3)c2n1. The monoisotopic (exact) mass is 591 g/mol. The van der Waals surface area contributed by atoms with Crippen molar-refractivity contribution in [3.8, 4) is 5.75 Å². The van der Waals surface area contributed by atoms with E-state index in [1.54, 1.807) is 37.7 Å². The Hall–Kier alpha value is -3.59. The van der Waals surface area contributed by atoms with Gasteiger partial charge in [0, 0.05) is 18.6 Å². The number of nitrogens with two attached hydrogens (primary N) is 1. The number of benzene rings is 1. The molecule has 0 radical (unpaired) electrons. The first-order valence-electron chi connectivity index (χ1n) is 12.9. The molecule has 7 N–H and O–H groups in total. The van der Waals surface area contributed by atoms with Gasteiger partial charge in [0.15, 0.2) is 17.0 Å². The van der Waals surface area contributed by atoms with E-state index in [0.29, 0.717) is 11.8 Å². The second kappa shape index (κ2) is 13.4. The Morgan fingerprint density at radius 1 is 1.22 bits per heavy atom. The number of anilines is 2. The van der Waals surface area contributed by atoms with Gasteiger partial charge in [-0.25, -0.2) is 14.3 Å². The minimum Gasteiger partial charge on any atom is -0.497 e. The quantitative estimate of drug-likeness (QED) is 0.107. The largest absolute Gasteiger partial charge is 0.527 e. The number of rotatable bonds is 11. The third-order valence-corrected chi connectivity index (χ3v) is 6.74. The number of aromatic nitrogens is 4. The number of carbonyl (C=O) groups excluding carboxylic acids is 1. The van der Waals surface area contributed by atoms with Crippen molar-refractivity contribution in [2.45, 2.75) is 50.9 Å². The van der Waals surface area contributed by atoms with Gasteiger partial charge in [-0.15, -0.1) is 0 Å². The summed E-state index contributed by atoms with van der Waals surface area (Å²) in [5.74, 6) is 0.788. The number of phosphoric ester groups is 1. The minimum atomic E-state index is -4.83. The van der Waals surface area contributed by atoms with Crippen molar-refractivity contribution in [3.63, 3.8) is 0 Å². The number of methoxy groups -OCH3 is 1. The number of hydroxylamine groups is 1. The molecule has 3 aromatic rings. The van der Waals surface area contributed by atoms with Crippen LogP contribution in [0, 0.1) is 5.92 Å². The highest BCUT2D eigenvalue weighted by atomic mass is 31.2. The van der Waals surface area contributed by atoms with Crippen LogP contribution in [0.3, 0.4) is 0 Å². The van der Waals surface area contributed by atoms with Crippen molar-refractivity contribution < 1.29 is 38.4 Å². The topological polar surface area (TPSA) is 216 Å². The fourth-order valence-electron chi connectivity index (χ4n) is 4.01. The summed E-state index contributed by atoms with van der Waals surface area (Å²) in [6.07, 6.45) is 9.10. The van der Waals surface area contributed by atoms with Gasteiger partial charge in [0.1, 0.15) is 11.8 Å². The summed E-state index contributed by atoms with van der Waals surface area (Å²) in [6.45, 7) is 1.69. The van der Waals surface area contributed by atoms with Crippen LogP contribution in [0.1, 0.15) is 37.8 Å². The van der Waals surface area contributed by atoms with Crippen LogP contribution >= 0.6 is 7.82 Å². The smallest absolute Gasteiger partial charge is 0.497 e. The number of phosphoric acid groups is 1. The van der Waals surface area contributed by atoms with Gasteiger partial charge in [-0.05, 0) is 43.9 Å². The molecule has 2 heterocycles. The Bertz CT molecular complexity index is 1410. The Balaban J connectivity index is 0.000000189. The molecule has 0 spiro atoms. The number of nitrogens with one attached hydrogen (secondary N) is 2. The summed E-state index contributed by atoms with van der Waals surface area (Å²) in [6, 6.07) is 6.70. The minimum absolute atomic E-state index is 0.162. The average Bonchev–Trinajstić information content (AvgIpc) is 3.44. The Kier molecular flexibility index (Phi) is 9.91. The molecule has 0 saturated heterocycles. The number of carbonyl (C=O) groups is 1. The lowest BCUT2D eigenvalue weighted by Crippen LogP contribution is -2.34. The maximum Gasteiger partial charge on any atom is 0.527 e. The third kappa shape index (κ3) is 8.70. The molecule has 1 aromatic carbocycles. The predicted octanol–water partition coefficient (Wildman–Crippen LogP) is 1.83. The predicted molar refractivity (Wildman–Crippen MR) is 148 cm³/mol. The molecule has 0 unspecified atom stereocenters. The molecular formula is C25H34N7O8P. The fourth-order valence-corrected chi connectivity index (χ4v) is 4.40. The van der Waals surface area contributed by atoms with Gasteiger partial charge in [0.2, 0.25) is 5.95 Å². The van der Waals surface area contributed by atoms with E-state index in [1.165, 1.54) is 6.92 Å². The van der Waals surface area contributed by atoms with Gasteiger partial charge in [0.05, 0.1) is 26.1 Å². The lowest BCUT2D eigenvalue weighted by molar-refractivity contribution is -0.142. The van der Waals surface area contributed by atoms with Gasteiger partial charge < -0.3 is 30.0 Å². The van der Waals surface area contributed by atoms with Gasteiger partial charge in [-0.3, -0.25) is 14.6 Å². The zero-order chi connectivity index (χ0) is 29.6. The molecule has 0 bridgehead atoms. The summed E-state index contributed by atoms with van der Waals surface area (Å²) in [5.41, 5.74) is 10.5. The molecule has 1 saturated carbocycles. The molecule has 2 aliphatic rings. The van der Waals surface area contributed by atoms with Crippen LogP contribution in [0.2, 0.25) is 0 Å². The van der Waals surface area contributed by atoms with Crippen molar-refractivity contribution in [2.24, 2.45) is 5.92 Å². The first-order chi connectivity index (χ1) is 19.6. The molecule has 0 aliphatic heterocycles. The first-order valence-corrected chi connectivity index (χ1v) is 14.4. The number of fused-ring (bicyclic) bond motifs is 1. The second-order valence-corrected chi connectivity index (χ2v) is 10.8. The summed E-state index contributed by atoms with van der Waals surface area (Å²) in [5, 5.41) is 12.6. The van der Waals surface area contributed by atoms with E-state index in [1.807, 2.05) is 10.6 Å². The molecule has 16 heteroatoms. The number of ether oxygens (including phenoxy) is 1. The van der Waals surface area contributed by atoms with Crippen molar-refractivity contribution >= 4 is 36.7 Å². The number of hydrogen-bond acceptors (Lipinski definition) is 12. The third-order valence-electron chi connectivity index (χ3n) is 6.32. The molecule has 222 valence electrons. The van der Waals surface area contributed by atoms with E-state index in [-0.39, 0.29) is 31.1 Å². The highest BCUT2D eigenvalue weighted by molar-refractivity contribution is 7.46. The average molecular weight is 592 g/mol. The highest BCUT2D eigenvalue weighted by Gasteiger charge is 2.27. The Morgan fingerprint density at radius 2 is 1.95 bits per heavy atom. The van der Waals surface area contributed by atoms with Gasteiger partial charge in [-0.1, -0.05) is 24.3 Å². The van der Waals surface area contributed by atoms with Crippen molar-refractivity contribution in [2.75, 3.05) is 24.8 Å². The summed E-state index contributed by atoms with van der Waals surface area (Å²) >= 11 is 0. The molecule has 0 amide bonds. The van der Waals surface area contributed by atoms with Crippen molar-refractivity contribution in [3.05, 3.63) is 48.3 Å². The lowest BCUT2D eigenvalue weighted by Gasteiger charge is -2.13. The van der Waals surface area contributed by atoms with E-state index >= 15 is 0 Å². The number of allylic oxidation sites excluding steroid dienone is 1. The highest BCUT2D eigenvalue weighted by Crippen LogP contribution is 2.36. The van der Waals surface area contributed by atoms with Gasteiger partial charge >= 0.3 is 13.8 Å². The summed E-state index contributed by atoms with van der Waals surface area (Å²) < 4.78 is 21.4. The Labute approximate surface area is 235 Å². The van der Waals surface area contributed by atoms with Crippen LogP contribution in [-0.2, 0) is 25.3 Å². The standard InChI is InChI=1S/C14H18N6O.C11H16NO7P/c15-14-18-12(17-9-2-3-9)11-13(19-14)20(7-16-11)10-4-1-8(5-10)6-21;1-8(11(13)19-20(14,15)16)12-18-7-9-3-5-10(17-2)6-4-9/h1,4,7-10,21H,2-3,5-6H2,(H3,15,17,18,19);3-6,8,12H,7H2,1-2H3,(H2,14,15,16)/t8-,10+;8-/m10/s1. The molecule has 15 nitrogen and oxygen atoms in total. The summed E-state index contributed by atoms with van der Waals surface area (Å²) in [7, 11) is -3.28. The van der Waals surface area contributed by atoms with Crippen LogP contribution < -0.4 is 21.3 Å². The van der Waals surface area contributed by atoms with E-state index in [0.717, 1.165) is 41.8 Å². The number of hydrogen-bond donors (Lipinski definition) is 6. The molecule has 5 rings (SSSR count). The molecule has 41 heavy (non-hydrogen) atoms. The van der Waals surface area contributed by atoms with Gasteiger partial charge in [0.25, 0.3) is 0 Å². The van der Waals surface area contributed by atoms with E-state index in [4.69, 9.17) is 25.1 Å². The maximum absolute atomic E-state index is 11.2. The molecule has 2 aromatic heterocycles. The normalized spacial score (nSPS) is 19.0. The van der Waals surface area contributed by atoms with Crippen LogP contribution in [0.15, 0.2) is 42.7 Å². The van der Waals surface area contributed by atoms with E-state index < -0.39 is 19.8 Å². The van der Waals surface area contributed by atoms with Crippen LogP contribution in [0.4, 0.5) is 11.8 Å². The molecule has 2 aliphatic carbocycles. The van der Waals surface area contributed by atoms with Crippen molar-refractivity contribution in [1.82, 2.24) is 25.0 Å². The molecule has 1 fully saturated rings. The van der Waals surface area contributed by atoms with Crippen LogP contribution in [0.25, 0.3) is 11.2 Å². The first kappa shape index (κ1) is 30.4. The molecular weight excluding hydrogens is 557 g/mol. The second-order valence-electron chi connectivity index (χ2n) is 9.68. The van der Waals surface area contributed by atoms with E-state index in [9.17, 15) is 14.5 Å². The zero-order valence-corrected chi connectivity index (χ0v) is 23.5. The fraction of sp³-hybridized carbons (Fsp3) is 0.440. The number of aliphatic hydroxyl groups excluding tert-OH is 1. The summed E-state index contributed by atoms with van der Waals surface area (Å²) in [4.78, 5) is 46.3. The molecule has 3 atom stereocenters. The number of aliphatic hydroxyl groups is 1. The Morgan fingerprint density at radius 3 is 2.56 bits per heavy atom. The lowest BCUT2D eigenvalue weighted by atomic mass is 10.1. The van der Waals surface area contributed by atoms with Crippen molar-refractivity contribution in [1.29, 1.82) is 0 Å². The number of nitrogen functional groups attached to an aromatic ring is 1. The van der Waals surface area contributed by atoms with Gasteiger partial charge in [-0.2, -0.15) is 15.4 Å².